The van der Waals surface area contributed by atoms with Gasteiger partial charge in [0.25, 0.3) is 0 Å². The van der Waals surface area contributed by atoms with Crippen LogP contribution in [-0.2, 0) is 33.3 Å². The van der Waals surface area contributed by atoms with Gasteiger partial charge in [0.05, 0.1) is 40.3 Å². The second-order valence-corrected chi connectivity index (χ2v) is 26.9. The van der Waals surface area contributed by atoms with Gasteiger partial charge in [-0.3, -0.25) is 9.59 Å². The van der Waals surface area contributed by atoms with E-state index in [1.807, 2.05) is 21.1 Å². The van der Waals surface area contributed by atoms with Gasteiger partial charge in [-0.15, -0.1) is 0 Å². The summed E-state index contributed by atoms with van der Waals surface area (Å²) in [4.78, 5) is 37.6. The lowest BCUT2D eigenvalue weighted by Gasteiger charge is -2.26. The Balaban J connectivity index is 4.08. The first-order chi connectivity index (χ1) is 45.6. The fraction of sp³-hybridized carbons (Fsp3) is 0.726. The summed E-state index contributed by atoms with van der Waals surface area (Å²) >= 11 is 0. The van der Waals surface area contributed by atoms with E-state index in [-0.39, 0.29) is 38.6 Å². The smallest absolute Gasteiger partial charge is 0.306 e. The summed E-state index contributed by atoms with van der Waals surface area (Å²) in [6.45, 7) is 4.64. The molecule has 0 saturated carbocycles. The minimum absolute atomic E-state index is 0.142. The third kappa shape index (κ3) is 74.9. The van der Waals surface area contributed by atoms with Gasteiger partial charge in [-0.05, 0) is 109 Å². The topological polar surface area (TPSA) is 111 Å². The minimum atomic E-state index is -1.63. The van der Waals surface area contributed by atoms with E-state index in [9.17, 15) is 19.5 Å². The van der Waals surface area contributed by atoms with Crippen LogP contribution in [0.25, 0.3) is 0 Å². The fourth-order valence-corrected chi connectivity index (χ4v) is 10.8. The summed E-state index contributed by atoms with van der Waals surface area (Å²) in [6.07, 6.45) is 102. The van der Waals surface area contributed by atoms with E-state index < -0.39 is 24.3 Å². The number of carboxylic acids is 1. The Hall–Kier alpha value is -4.31. The van der Waals surface area contributed by atoms with E-state index in [0.717, 1.165) is 103 Å². The largest absolute Gasteiger partial charge is 0.545 e. The molecular weight excluding hydrogens is 1150 g/mol. The number of quaternary nitrogens is 1. The van der Waals surface area contributed by atoms with Crippen molar-refractivity contribution in [1.29, 1.82) is 0 Å². The molecule has 0 fully saturated rings. The molecule has 93 heavy (non-hydrogen) atoms. The molecule has 0 aliphatic heterocycles. The molecule has 0 spiro atoms. The Bertz CT molecular complexity index is 1950. The van der Waals surface area contributed by atoms with Crippen molar-refractivity contribution < 1.29 is 42.9 Å². The van der Waals surface area contributed by atoms with Crippen LogP contribution in [0.2, 0.25) is 0 Å². The number of unbranched alkanes of at least 4 members (excludes halogenated alkanes) is 36. The molecule has 0 aromatic carbocycles. The van der Waals surface area contributed by atoms with E-state index in [1.165, 1.54) is 199 Å². The zero-order valence-corrected chi connectivity index (χ0v) is 61.1. The number of hydrogen-bond acceptors (Lipinski definition) is 8. The number of likely N-dealkylation sites (N-methyl/N-ethyl adjacent to an activating group) is 1. The van der Waals surface area contributed by atoms with Crippen LogP contribution in [-0.4, -0.2) is 82.3 Å². The number of hydrogen-bond donors (Lipinski definition) is 0. The van der Waals surface area contributed by atoms with Crippen LogP contribution in [0.15, 0.2) is 122 Å². The molecule has 9 heteroatoms. The third-order valence-corrected chi connectivity index (χ3v) is 16.7. The predicted molar refractivity (Wildman–Crippen MR) is 398 cm³/mol. The van der Waals surface area contributed by atoms with Crippen LogP contribution < -0.4 is 5.11 Å². The highest BCUT2D eigenvalue weighted by Crippen LogP contribution is 2.18. The maximum atomic E-state index is 13.0. The Morgan fingerprint density at radius 1 is 0.333 bits per heavy atom. The standard InChI is InChI=1S/C84H145NO8/c1-6-8-10-12-14-16-18-20-22-24-26-28-30-32-34-36-38-40-41-43-44-46-48-50-52-54-56-58-60-62-64-66-68-70-72-74-81(86)91-78-80(79-92-84(83(88)89)90-77-76-85(3,4)5)93-82(87)75-73-71-69-67-65-63-61-59-57-55-53-51-49-47-45-42-39-37-35-33-31-29-27-25-23-21-19-17-15-13-11-9-7-2/h9,11,15,17-18,20-21,23-24,26-27,29,33,35,39,42,47,49,53,55,80,84H,6-8,10,12-14,16,19,22,25,28,30-32,34,36-38,40-41,43-46,48,50-52,54,56-79H2,1-5H3/b11-9-,17-15-,20-18-,23-21-,26-24-,29-27-,35-33-,42-39-,49-47-,55-53-. The lowest BCUT2D eigenvalue weighted by atomic mass is 10.0. The normalized spacial score (nSPS) is 13.3. The first kappa shape index (κ1) is 88.7. The number of aliphatic carboxylic acids is 1. The molecule has 0 radical (unpaired) electrons. The number of rotatable bonds is 71. The summed E-state index contributed by atoms with van der Waals surface area (Å²) in [5, 5.41) is 11.9. The van der Waals surface area contributed by atoms with Crippen molar-refractivity contribution in [2.45, 2.75) is 347 Å². The van der Waals surface area contributed by atoms with E-state index >= 15 is 0 Å². The van der Waals surface area contributed by atoms with E-state index in [4.69, 9.17) is 18.9 Å². The molecule has 9 nitrogen and oxygen atoms in total. The van der Waals surface area contributed by atoms with Crippen molar-refractivity contribution in [1.82, 2.24) is 0 Å². The summed E-state index contributed by atoms with van der Waals surface area (Å²) in [6, 6.07) is 0. The maximum absolute atomic E-state index is 13.0. The van der Waals surface area contributed by atoms with Gasteiger partial charge in [-0.2, -0.15) is 0 Å². The highest BCUT2D eigenvalue weighted by atomic mass is 16.7. The van der Waals surface area contributed by atoms with Gasteiger partial charge < -0.3 is 33.3 Å². The molecular formula is C84H145NO8. The van der Waals surface area contributed by atoms with E-state index in [0.29, 0.717) is 17.4 Å². The van der Waals surface area contributed by atoms with Gasteiger partial charge in [0.1, 0.15) is 13.2 Å². The molecule has 0 aliphatic rings. The predicted octanol–water partition coefficient (Wildman–Crippen LogP) is 23.4. The van der Waals surface area contributed by atoms with Crippen LogP contribution in [0, 0.1) is 0 Å². The van der Waals surface area contributed by atoms with Crippen LogP contribution in [0.5, 0.6) is 0 Å². The Morgan fingerprint density at radius 2 is 0.613 bits per heavy atom. The monoisotopic (exact) mass is 1300 g/mol. The van der Waals surface area contributed by atoms with Crippen molar-refractivity contribution >= 4 is 17.9 Å². The number of carbonyl (C=O) groups excluding carboxylic acids is 3. The van der Waals surface area contributed by atoms with Crippen LogP contribution in [0.4, 0.5) is 0 Å². The van der Waals surface area contributed by atoms with Crippen LogP contribution >= 0.6 is 0 Å². The quantitative estimate of drug-likeness (QED) is 0.0195. The SMILES string of the molecule is CC/C=C\C/C=C\C/C=C\C/C=C\C/C=C\C/C=C\C/C=C\C/C=C\CCCCCCCCCCC(=O)OC(COC(=O)CCCCCCCCCCCCCCCCCCCCCCCCC/C=C\C/C=C\CCCCCCC)COC(OCC[N+](C)(C)C)C(=O)[O-]. The maximum Gasteiger partial charge on any atom is 0.306 e. The molecule has 0 aromatic rings. The zero-order valence-electron chi connectivity index (χ0n) is 61.1. The summed E-state index contributed by atoms with van der Waals surface area (Å²) in [5.74, 6) is -2.29. The molecule has 0 saturated heterocycles. The number of carboxylic acid groups (broad SMARTS) is 1. The molecule has 0 N–H and O–H groups in total. The van der Waals surface area contributed by atoms with Gasteiger partial charge in [0.15, 0.2) is 12.4 Å². The second-order valence-electron chi connectivity index (χ2n) is 26.9. The lowest BCUT2D eigenvalue weighted by molar-refractivity contribution is -0.870. The molecule has 0 heterocycles. The number of ether oxygens (including phenoxy) is 4. The van der Waals surface area contributed by atoms with E-state index in [2.05, 4.69) is 135 Å². The summed E-state index contributed by atoms with van der Waals surface area (Å²) in [7, 11) is 5.93. The molecule has 534 valence electrons. The van der Waals surface area contributed by atoms with E-state index in [1.54, 1.807) is 0 Å². The molecule has 0 rings (SSSR count). The number of allylic oxidation sites excluding steroid dienone is 20. The summed E-state index contributed by atoms with van der Waals surface area (Å²) < 4.78 is 22.8. The highest BCUT2D eigenvalue weighted by molar-refractivity contribution is 5.70. The molecule has 0 aliphatic carbocycles. The Kier molecular flexibility index (Phi) is 70.1. The van der Waals surface area contributed by atoms with Gasteiger partial charge in [-0.1, -0.05) is 334 Å². The third-order valence-electron chi connectivity index (χ3n) is 16.7. The average Bonchev–Trinajstić information content (AvgIpc) is 3.74. The van der Waals surface area contributed by atoms with Crippen molar-refractivity contribution in [3.05, 3.63) is 122 Å². The average molecular weight is 1300 g/mol. The second kappa shape index (κ2) is 73.5. The highest BCUT2D eigenvalue weighted by Gasteiger charge is 2.22. The van der Waals surface area contributed by atoms with Gasteiger partial charge >= 0.3 is 11.9 Å². The van der Waals surface area contributed by atoms with Gasteiger partial charge in [0, 0.05) is 12.8 Å². The lowest BCUT2D eigenvalue weighted by Crippen LogP contribution is -2.44. The Morgan fingerprint density at radius 3 is 0.914 bits per heavy atom. The fourth-order valence-electron chi connectivity index (χ4n) is 10.8. The zero-order chi connectivity index (χ0) is 67.5. The molecule has 0 aromatic heterocycles. The van der Waals surface area contributed by atoms with Gasteiger partial charge in [0.2, 0.25) is 0 Å². The van der Waals surface area contributed by atoms with Crippen molar-refractivity contribution in [3.63, 3.8) is 0 Å². The molecule has 2 unspecified atom stereocenters. The van der Waals surface area contributed by atoms with Crippen molar-refractivity contribution in [2.75, 3.05) is 47.5 Å². The van der Waals surface area contributed by atoms with Crippen LogP contribution in [0.3, 0.4) is 0 Å². The first-order valence-electron chi connectivity index (χ1n) is 38.7. The molecule has 2 atom stereocenters. The van der Waals surface area contributed by atoms with Crippen molar-refractivity contribution in [3.8, 4) is 0 Å². The molecule has 0 bridgehead atoms. The number of nitrogens with zero attached hydrogens (tertiary/aromatic N) is 1. The van der Waals surface area contributed by atoms with Gasteiger partial charge in [-0.25, -0.2) is 0 Å². The summed E-state index contributed by atoms with van der Waals surface area (Å²) in [5.41, 5.74) is 0. The molecule has 0 amide bonds. The first-order valence-corrected chi connectivity index (χ1v) is 38.7. The van der Waals surface area contributed by atoms with Crippen LogP contribution in [0.1, 0.15) is 335 Å². The van der Waals surface area contributed by atoms with Crippen molar-refractivity contribution in [2.24, 2.45) is 0 Å². The minimum Gasteiger partial charge on any atom is -0.545 e. The number of esters is 2. The number of carbonyl (C=O) groups is 3. The Labute approximate surface area is 574 Å².